The van der Waals surface area contributed by atoms with Gasteiger partial charge in [-0.05, 0) is 12.2 Å². The number of halogens is 1. The van der Waals surface area contributed by atoms with Gasteiger partial charge in [0.2, 0.25) is 0 Å². The molecule has 13 heavy (non-hydrogen) atoms. The van der Waals surface area contributed by atoms with Crippen LogP contribution in [-0.2, 0) is 9.63 Å². The van der Waals surface area contributed by atoms with Crippen LogP contribution in [0.25, 0.3) is 0 Å². The predicted octanol–water partition coefficient (Wildman–Crippen LogP) is 1.99. The Labute approximate surface area is 90.1 Å². The molecule has 0 atom stereocenters. The van der Waals surface area contributed by atoms with Gasteiger partial charge in [-0.3, -0.25) is 4.79 Å². The summed E-state index contributed by atoms with van der Waals surface area (Å²) in [5.74, 6) is 5.72. The number of carbonyl (C=O) groups is 1. The molecule has 0 heterocycles. The fourth-order valence-corrected chi connectivity index (χ4v) is 1.50. The van der Waals surface area contributed by atoms with E-state index in [1.807, 2.05) is 20.8 Å². The van der Waals surface area contributed by atoms with Crippen molar-refractivity contribution < 1.29 is 9.63 Å². The molecule has 0 aromatic heterocycles. The zero-order valence-electron chi connectivity index (χ0n) is 8.33. The third-order valence-electron chi connectivity index (χ3n) is 1.67. The van der Waals surface area contributed by atoms with Gasteiger partial charge in [0.15, 0.2) is 5.12 Å². The van der Waals surface area contributed by atoms with Gasteiger partial charge in [-0.1, -0.05) is 32.5 Å². The molecular formula is C8H18ClNO2S. The van der Waals surface area contributed by atoms with Gasteiger partial charge in [-0.25, -0.2) is 5.90 Å². The fraction of sp³-hybridized carbons (Fsp3) is 0.875. The van der Waals surface area contributed by atoms with E-state index in [-0.39, 0.29) is 22.9 Å². The van der Waals surface area contributed by atoms with Crippen molar-refractivity contribution in [1.82, 2.24) is 0 Å². The maximum atomic E-state index is 11.4. The highest BCUT2D eigenvalue weighted by atomic mass is 35.5. The lowest BCUT2D eigenvalue weighted by molar-refractivity contribution is -0.119. The normalized spacial score (nSPS) is 10.8. The molecule has 0 aliphatic heterocycles. The molecule has 0 bridgehead atoms. The van der Waals surface area contributed by atoms with E-state index in [1.54, 1.807) is 0 Å². The first kappa shape index (κ1) is 15.7. The highest BCUT2D eigenvalue weighted by Crippen LogP contribution is 2.27. The van der Waals surface area contributed by atoms with Crippen LogP contribution in [0.4, 0.5) is 0 Å². The molecule has 80 valence electrons. The lowest BCUT2D eigenvalue weighted by Gasteiger charge is -2.21. The second kappa shape index (κ2) is 7.62. The average Bonchev–Trinajstić information content (AvgIpc) is 2.01. The summed E-state index contributed by atoms with van der Waals surface area (Å²) in [5.41, 5.74) is -0.319. The quantitative estimate of drug-likeness (QED) is 0.730. The maximum absolute atomic E-state index is 11.4. The molecule has 0 aliphatic rings. The first-order valence-electron chi connectivity index (χ1n) is 4.03. The van der Waals surface area contributed by atoms with Crippen molar-refractivity contribution >= 4 is 29.3 Å². The zero-order chi connectivity index (χ0) is 9.61. The summed E-state index contributed by atoms with van der Waals surface area (Å²) in [7, 11) is 0. The van der Waals surface area contributed by atoms with Crippen LogP contribution in [-0.4, -0.2) is 17.5 Å². The highest BCUT2D eigenvalue weighted by molar-refractivity contribution is 8.13. The van der Waals surface area contributed by atoms with Crippen LogP contribution in [0.2, 0.25) is 0 Å². The van der Waals surface area contributed by atoms with Crippen LogP contribution in [0.3, 0.4) is 0 Å². The molecule has 2 N–H and O–H groups in total. The van der Waals surface area contributed by atoms with Crippen LogP contribution in [0.15, 0.2) is 0 Å². The molecule has 0 aliphatic carbocycles. The number of rotatable bonds is 5. The lowest BCUT2D eigenvalue weighted by atomic mass is 9.92. The summed E-state index contributed by atoms with van der Waals surface area (Å²) < 4.78 is 0. The van der Waals surface area contributed by atoms with E-state index in [9.17, 15) is 4.79 Å². The van der Waals surface area contributed by atoms with Gasteiger partial charge >= 0.3 is 0 Å². The molecule has 0 aromatic carbocycles. The van der Waals surface area contributed by atoms with Gasteiger partial charge in [-0.15, -0.1) is 12.4 Å². The van der Waals surface area contributed by atoms with E-state index >= 15 is 0 Å². The molecule has 0 radical (unpaired) electrons. The van der Waals surface area contributed by atoms with Crippen LogP contribution < -0.4 is 5.90 Å². The second-order valence-corrected chi connectivity index (χ2v) is 4.46. The number of thioether (sulfide) groups is 1. The first-order chi connectivity index (χ1) is 5.54. The minimum Gasteiger partial charge on any atom is -0.305 e. The Bertz CT molecular complexity index is 153. The predicted molar refractivity (Wildman–Crippen MR) is 58.9 cm³/mol. The SMILES string of the molecule is CCSC(=O)C(C)(C)CCON.Cl. The molecule has 5 heteroatoms. The Hall–Kier alpha value is 0.230. The number of carbonyl (C=O) groups excluding carboxylic acids is 1. The molecule has 0 aromatic rings. The second-order valence-electron chi connectivity index (χ2n) is 3.23. The first-order valence-corrected chi connectivity index (χ1v) is 5.02. The van der Waals surface area contributed by atoms with Crippen molar-refractivity contribution in [2.75, 3.05) is 12.4 Å². The van der Waals surface area contributed by atoms with Crippen LogP contribution in [0, 0.1) is 5.41 Å². The summed E-state index contributed by atoms with van der Waals surface area (Å²) >= 11 is 1.35. The van der Waals surface area contributed by atoms with Crippen LogP contribution in [0.1, 0.15) is 27.2 Å². The molecule has 0 amide bonds. The maximum Gasteiger partial charge on any atom is 0.194 e. The molecule has 0 fully saturated rings. The minimum atomic E-state index is -0.319. The third-order valence-corrected chi connectivity index (χ3v) is 2.78. The molecule has 3 nitrogen and oxygen atoms in total. The van der Waals surface area contributed by atoms with Crippen molar-refractivity contribution in [3.8, 4) is 0 Å². The molecular weight excluding hydrogens is 210 g/mol. The van der Waals surface area contributed by atoms with Crippen LogP contribution >= 0.6 is 24.2 Å². The minimum absolute atomic E-state index is 0. The molecule has 0 spiro atoms. The molecule has 0 saturated carbocycles. The van der Waals surface area contributed by atoms with E-state index in [1.165, 1.54) is 11.8 Å². The largest absolute Gasteiger partial charge is 0.305 e. The smallest absolute Gasteiger partial charge is 0.194 e. The van der Waals surface area contributed by atoms with Crippen molar-refractivity contribution in [3.63, 3.8) is 0 Å². The van der Waals surface area contributed by atoms with Gasteiger partial charge in [0, 0.05) is 5.41 Å². The van der Waals surface area contributed by atoms with Gasteiger partial charge in [0.1, 0.15) is 0 Å². The molecule has 0 saturated heterocycles. The lowest BCUT2D eigenvalue weighted by Crippen LogP contribution is -2.24. The monoisotopic (exact) mass is 227 g/mol. The third kappa shape index (κ3) is 6.32. The van der Waals surface area contributed by atoms with E-state index < -0.39 is 0 Å². The number of hydrogen-bond donors (Lipinski definition) is 1. The Kier molecular flexibility index (Phi) is 9.19. The van der Waals surface area contributed by atoms with E-state index in [0.717, 1.165) is 5.75 Å². The van der Waals surface area contributed by atoms with Gasteiger partial charge in [0.05, 0.1) is 6.61 Å². The Morgan fingerprint density at radius 2 is 2.08 bits per heavy atom. The van der Waals surface area contributed by atoms with E-state index in [0.29, 0.717) is 13.0 Å². The standard InChI is InChI=1S/C8H17NO2S.ClH/c1-4-12-7(10)8(2,3)5-6-11-9;/h4-6,9H2,1-3H3;1H. The summed E-state index contributed by atoms with van der Waals surface area (Å²) in [5, 5.41) is 0.210. The van der Waals surface area contributed by atoms with Crippen molar-refractivity contribution in [2.24, 2.45) is 11.3 Å². The Morgan fingerprint density at radius 3 is 2.46 bits per heavy atom. The summed E-state index contributed by atoms with van der Waals surface area (Å²) in [6.07, 6.45) is 0.676. The number of nitrogens with two attached hydrogens (primary N) is 1. The van der Waals surface area contributed by atoms with Crippen LogP contribution in [0.5, 0.6) is 0 Å². The fourth-order valence-electron chi connectivity index (χ4n) is 0.743. The summed E-state index contributed by atoms with van der Waals surface area (Å²) in [6.45, 7) is 6.23. The van der Waals surface area contributed by atoms with Gasteiger partial charge in [-0.2, -0.15) is 0 Å². The van der Waals surface area contributed by atoms with Crippen molar-refractivity contribution in [3.05, 3.63) is 0 Å². The van der Waals surface area contributed by atoms with Gasteiger partial charge in [0.25, 0.3) is 0 Å². The van der Waals surface area contributed by atoms with E-state index in [2.05, 4.69) is 4.84 Å². The number of hydrogen-bond acceptors (Lipinski definition) is 4. The molecule has 0 rings (SSSR count). The summed E-state index contributed by atoms with van der Waals surface area (Å²) in [4.78, 5) is 15.9. The Morgan fingerprint density at radius 1 is 1.54 bits per heavy atom. The average molecular weight is 228 g/mol. The summed E-state index contributed by atoms with van der Waals surface area (Å²) in [6, 6.07) is 0. The topological polar surface area (TPSA) is 52.3 Å². The Balaban J connectivity index is 0. The zero-order valence-corrected chi connectivity index (χ0v) is 9.96. The van der Waals surface area contributed by atoms with Crippen molar-refractivity contribution in [1.29, 1.82) is 0 Å². The highest BCUT2D eigenvalue weighted by Gasteiger charge is 2.26. The van der Waals surface area contributed by atoms with Crippen molar-refractivity contribution in [2.45, 2.75) is 27.2 Å². The van der Waals surface area contributed by atoms with E-state index in [4.69, 9.17) is 5.90 Å². The van der Waals surface area contributed by atoms with Gasteiger partial charge < -0.3 is 4.84 Å². The molecule has 0 unspecified atom stereocenters.